The van der Waals surface area contributed by atoms with Gasteiger partial charge in [-0.15, -0.1) is 0 Å². The van der Waals surface area contributed by atoms with E-state index in [4.69, 9.17) is 0 Å². The predicted octanol–water partition coefficient (Wildman–Crippen LogP) is 8.56. The minimum absolute atomic E-state index is 0.0422. The van der Waals surface area contributed by atoms with Gasteiger partial charge in [-0.1, -0.05) is 65.0 Å². The van der Waals surface area contributed by atoms with E-state index in [2.05, 4.69) is 64.8 Å². The summed E-state index contributed by atoms with van der Waals surface area (Å²) in [5.74, 6) is 0.255. The summed E-state index contributed by atoms with van der Waals surface area (Å²) in [6.07, 6.45) is 12.1. The molecule has 6 rings (SSSR count). The van der Waals surface area contributed by atoms with Gasteiger partial charge in [0.1, 0.15) is 6.04 Å². The molecule has 47 heavy (non-hydrogen) atoms. The first-order valence-electron chi connectivity index (χ1n) is 17.9. The Bertz CT molecular complexity index is 1510. The molecule has 10 atom stereocenters. The van der Waals surface area contributed by atoms with Crippen molar-refractivity contribution >= 4 is 23.5 Å². The van der Waals surface area contributed by atoms with Crippen LogP contribution in [0.2, 0.25) is 0 Å². The van der Waals surface area contributed by atoms with Crippen LogP contribution in [0.3, 0.4) is 0 Å². The smallest absolute Gasteiger partial charge is 0.335 e. The molecule has 256 valence electrons. The van der Waals surface area contributed by atoms with Crippen LogP contribution in [0, 0.1) is 51.2 Å². The maximum atomic E-state index is 13.3. The van der Waals surface area contributed by atoms with Crippen LogP contribution in [0.25, 0.3) is 5.57 Å². The van der Waals surface area contributed by atoms with E-state index in [0.717, 1.165) is 50.5 Å². The zero-order chi connectivity index (χ0) is 34.3. The lowest BCUT2D eigenvalue weighted by atomic mass is 9.33. The topological polar surface area (TPSA) is 116 Å². The molecule has 4 N–H and O–H groups in total. The lowest BCUT2D eigenvalue weighted by Gasteiger charge is -2.72. The molecule has 4 saturated carbocycles. The molecule has 1 aromatic rings. The Hall–Kier alpha value is -3.09. The molecule has 0 bridgehead atoms. The van der Waals surface area contributed by atoms with Crippen LogP contribution in [-0.2, 0) is 4.79 Å². The van der Waals surface area contributed by atoms with Crippen LogP contribution in [-0.4, -0.2) is 39.8 Å². The Morgan fingerprint density at radius 1 is 0.872 bits per heavy atom. The number of carboxylic acids is 2. The van der Waals surface area contributed by atoms with Crippen LogP contribution in [0.1, 0.15) is 122 Å². The molecular formula is C40H56N2O5. The molecule has 0 unspecified atom stereocenters. The molecule has 2 amide bonds. The van der Waals surface area contributed by atoms with Gasteiger partial charge in [0, 0.05) is 5.54 Å². The van der Waals surface area contributed by atoms with Gasteiger partial charge in [-0.05, 0) is 146 Å². The predicted molar refractivity (Wildman–Crippen MR) is 185 cm³/mol. The first kappa shape index (κ1) is 33.8. The van der Waals surface area contributed by atoms with Crippen molar-refractivity contribution in [2.75, 3.05) is 0 Å². The molecule has 0 heterocycles. The standard InChI is InChI=1S/C40H56N2O5/c1-23(2)27-15-20-40(42-35(47)41-24(3)33(43)44)22-21-38(7)29(32(27)40)13-14-31-37(6)18-16-28(25-9-11-26(12-10-25)34(45)46)36(4,5)30(37)17-19-39(31,38)8/h9-12,16,24,27,29-32H,1,13-15,17-22H2,2-8H3,(H,43,44)(H,45,46)(H2,41,42,47)/t24-,27+,29-,30+,31-,32-,37+,38-,39-,40+/m1/s1. The second-order valence-corrected chi connectivity index (χ2v) is 17.4. The normalized spacial score (nSPS) is 40.7. The van der Waals surface area contributed by atoms with Gasteiger partial charge in [0.25, 0.3) is 0 Å². The quantitative estimate of drug-likeness (QED) is 0.232. The van der Waals surface area contributed by atoms with Crippen molar-refractivity contribution in [3.63, 3.8) is 0 Å². The molecule has 5 aliphatic rings. The summed E-state index contributed by atoms with van der Waals surface area (Å²) in [4.78, 5) is 36.3. The number of hydrogen-bond donors (Lipinski definition) is 4. The van der Waals surface area contributed by atoms with E-state index in [9.17, 15) is 24.6 Å². The third-order valence-corrected chi connectivity index (χ3v) is 15.2. The Labute approximate surface area is 281 Å². The van der Waals surface area contributed by atoms with Crippen molar-refractivity contribution in [2.45, 2.75) is 118 Å². The van der Waals surface area contributed by atoms with Crippen molar-refractivity contribution in [3.8, 4) is 0 Å². The maximum Gasteiger partial charge on any atom is 0.335 e. The zero-order valence-corrected chi connectivity index (χ0v) is 29.5. The fourth-order valence-corrected chi connectivity index (χ4v) is 12.8. The summed E-state index contributed by atoms with van der Waals surface area (Å²) in [6, 6.07) is 6.14. The highest BCUT2D eigenvalue weighted by Gasteiger charge is 2.70. The number of urea groups is 1. The number of aliphatic carboxylic acids is 1. The van der Waals surface area contributed by atoms with Crippen LogP contribution in [0.15, 0.2) is 42.5 Å². The molecule has 7 heteroatoms. The first-order valence-corrected chi connectivity index (χ1v) is 17.9. The zero-order valence-electron chi connectivity index (χ0n) is 29.5. The fourth-order valence-electron chi connectivity index (χ4n) is 12.8. The van der Waals surface area contributed by atoms with Gasteiger partial charge in [-0.2, -0.15) is 0 Å². The number of amides is 2. The van der Waals surface area contributed by atoms with Crippen LogP contribution in [0.5, 0.6) is 0 Å². The molecule has 4 fully saturated rings. The maximum absolute atomic E-state index is 13.3. The number of hydrogen-bond acceptors (Lipinski definition) is 3. The second kappa shape index (κ2) is 11.2. The largest absolute Gasteiger partial charge is 0.480 e. The van der Waals surface area contributed by atoms with Crippen molar-refractivity contribution in [2.24, 2.45) is 51.2 Å². The summed E-state index contributed by atoms with van der Waals surface area (Å²) in [5, 5.41) is 24.9. The van der Waals surface area contributed by atoms with E-state index in [0.29, 0.717) is 29.2 Å². The average Bonchev–Trinajstić information content (AvgIpc) is 3.36. The highest BCUT2D eigenvalue weighted by atomic mass is 16.4. The van der Waals surface area contributed by atoms with Crippen molar-refractivity contribution in [3.05, 3.63) is 53.6 Å². The van der Waals surface area contributed by atoms with E-state index in [1.807, 2.05) is 12.1 Å². The molecular weight excluding hydrogens is 588 g/mol. The Morgan fingerprint density at radius 3 is 2.17 bits per heavy atom. The number of carbonyl (C=O) groups is 3. The number of carbonyl (C=O) groups excluding carboxylic acids is 1. The molecule has 0 saturated heterocycles. The lowest BCUT2D eigenvalue weighted by Crippen LogP contribution is -2.69. The first-order chi connectivity index (χ1) is 21.9. The molecule has 0 spiro atoms. The second-order valence-electron chi connectivity index (χ2n) is 17.4. The number of nitrogens with one attached hydrogen (secondary N) is 2. The number of benzene rings is 1. The van der Waals surface area contributed by atoms with Crippen molar-refractivity contribution < 1.29 is 24.6 Å². The molecule has 5 aliphatic carbocycles. The van der Waals surface area contributed by atoms with Crippen LogP contribution in [0.4, 0.5) is 4.79 Å². The number of fused-ring (bicyclic) bond motifs is 7. The molecule has 0 aliphatic heterocycles. The molecule has 0 aromatic heterocycles. The summed E-state index contributed by atoms with van der Waals surface area (Å²) >= 11 is 0. The van der Waals surface area contributed by atoms with Crippen molar-refractivity contribution in [1.29, 1.82) is 0 Å². The number of carboxylic acid groups (broad SMARTS) is 2. The Kier molecular flexibility index (Phi) is 8.08. The number of aromatic carboxylic acids is 1. The Morgan fingerprint density at radius 2 is 1.55 bits per heavy atom. The van der Waals surface area contributed by atoms with Gasteiger partial charge in [-0.3, -0.25) is 4.79 Å². The van der Waals surface area contributed by atoms with Crippen molar-refractivity contribution in [1.82, 2.24) is 10.6 Å². The van der Waals surface area contributed by atoms with Crippen LogP contribution < -0.4 is 10.6 Å². The van der Waals surface area contributed by atoms with Gasteiger partial charge in [-0.25, -0.2) is 9.59 Å². The summed E-state index contributed by atoms with van der Waals surface area (Å²) < 4.78 is 0. The van der Waals surface area contributed by atoms with E-state index in [1.165, 1.54) is 30.9 Å². The van der Waals surface area contributed by atoms with Gasteiger partial charge >= 0.3 is 18.0 Å². The van der Waals surface area contributed by atoms with E-state index in [1.54, 1.807) is 12.1 Å². The van der Waals surface area contributed by atoms with Crippen LogP contribution >= 0.6 is 0 Å². The third-order valence-electron chi connectivity index (χ3n) is 15.2. The van der Waals surface area contributed by atoms with E-state index in [-0.39, 0.29) is 39.1 Å². The van der Waals surface area contributed by atoms with Gasteiger partial charge in [0.2, 0.25) is 0 Å². The third kappa shape index (κ3) is 4.91. The minimum atomic E-state index is -1.03. The highest BCUT2D eigenvalue weighted by molar-refractivity contribution is 5.88. The summed E-state index contributed by atoms with van der Waals surface area (Å²) in [6.45, 7) is 20.7. The molecule has 7 nitrogen and oxygen atoms in total. The van der Waals surface area contributed by atoms with Gasteiger partial charge < -0.3 is 20.8 Å². The van der Waals surface area contributed by atoms with Gasteiger partial charge in [0.15, 0.2) is 0 Å². The monoisotopic (exact) mass is 644 g/mol. The molecule has 0 radical (unpaired) electrons. The number of allylic oxidation sites excluding steroid dienone is 3. The SMILES string of the molecule is C=C(C)[C@@H]1CC[C@]2(NC(=O)N[C@H](C)C(=O)O)CC[C@]3(C)[C@H](CC[C@@H]4[C@@]5(C)CC=C(c6ccc(C(=O)O)cc6)C(C)(C)[C@@H]5CC[C@]43C)[C@@H]12. The summed E-state index contributed by atoms with van der Waals surface area (Å²) in [5.41, 5.74) is 4.04. The highest BCUT2D eigenvalue weighted by Crippen LogP contribution is 2.76. The summed E-state index contributed by atoms with van der Waals surface area (Å²) in [7, 11) is 0. The number of rotatable bonds is 6. The lowest BCUT2D eigenvalue weighted by molar-refractivity contribution is -0.218. The fraction of sp³-hybridized carbons (Fsp3) is 0.675. The minimum Gasteiger partial charge on any atom is -0.480 e. The van der Waals surface area contributed by atoms with E-state index < -0.39 is 18.0 Å². The average molecular weight is 645 g/mol. The Balaban J connectivity index is 1.32. The van der Waals surface area contributed by atoms with E-state index >= 15 is 0 Å². The molecule has 1 aromatic carbocycles. The van der Waals surface area contributed by atoms with Gasteiger partial charge in [0.05, 0.1) is 5.56 Å².